The van der Waals surface area contributed by atoms with E-state index < -0.39 is 0 Å². The van der Waals surface area contributed by atoms with Gasteiger partial charge in [0.05, 0.1) is 7.11 Å². The van der Waals surface area contributed by atoms with Crippen LogP contribution in [0.5, 0.6) is 5.75 Å². The Balaban J connectivity index is 1.81. The van der Waals surface area contributed by atoms with Gasteiger partial charge in [-0.25, -0.2) is 0 Å². The number of ether oxygens (including phenoxy) is 1. The maximum atomic E-state index is 12.7. The smallest absolute Gasteiger partial charge is 0.193 e. The Morgan fingerprint density at radius 1 is 0.826 bits per heavy atom. The van der Waals surface area contributed by atoms with Gasteiger partial charge in [-0.3, -0.25) is 4.79 Å². The molecule has 0 saturated carbocycles. The number of benzene rings is 3. The summed E-state index contributed by atoms with van der Waals surface area (Å²) in [7, 11) is 1.62. The third kappa shape index (κ3) is 2.39. The van der Waals surface area contributed by atoms with E-state index in [1.54, 1.807) is 30.6 Å². The lowest BCUT2D eigenvalue weighted by Crippen LogP contribution is -2.00. The fourth-order valence-electron chi connectivity index (χ4n) is 2.78. The maximum absolute atomic E-state index is 12.7. The first-order chi connectivity index (χ1) is 11.3. The molecule has 23 heavy (non-hydrogen) atoms. The van der Waals surface area contributed by atoms with Crippen LogP contribution in [-0.4, -0.2) is 12.9 Å². The van der Waals surface area contributed by atoms with Crippen LogP contribution in [0.15, 0.2) is 66.7 Å². The molecule has 0 N–H and O–H groups in total. The Morgan fingerprint density at radius 2 is 1.52 bits per heavy atom. The fourth-order valence-corrected chi connectivity index (χ4v) is 3.86. The summed E-state index contributed by atoms with van der Waals surface area (Å²) in [6.45, 7) is 0. The molecule has 1 aromatic heterocycles. The highest BCUT2D eigenvalue weighted by Crippen LogP contribution is 2.34. The van der Waals surface area contributed by atoms with Gasteiger partial charge in [0.25, 0.3) is 0 Å². The number of hydrogen-bond donors (Lipinski definition) is 0. The topological polar surface area (TPSA) is 26.3 Å². The van der Waals surface area contributed by atoms with Gasteiger partial charge >= 0.3 is 0 Å². The highest BCUT2D eigenvalue weighted by Gasteiger charge is 2.12. The van der Waals surface area contributed by atoms with Crippen molar-refractivity contribution in [1.29, 1.82) is 0 Å². The Hall–Kier alpha value is -2.65. The number of carbonyl (C=O) groups excluding carboxylic acids is 1. The van der Waals surface area contributed by atoms with E-state index in [0.717, 1.165) is 11.1 Å². The van der Waals surface area contributed by atoms with Crippen molar-refractivity contribution >= 4 is 37.3 Å². The summed E-state index contributed by atoms with van der Waals surface area (Å²) in [6, 6.07) is 21.5. The number of fused-ring (bicyclic) bond motifs is 3. The molecule has 0 radical (unpaired) electrons. The van der Waals surface area contributed by atoms with Crippen LogP contribution in [0.1, 0.15) is 15.9 Å². The van der Waals surface area contributed by atoms with E-state index in [0.29, 0.717) is 11.1 Å². The molecule has 0 spiro atoms. The van der Waals surface area contributed by atoms with Crippen molar-refractivity contribution in [2.45, 2.75) is 0 Å². The standard InChI is InChI=1S/C20H14O2S/c1-22-15-9-6-13(7-10-15)20(21)14-8-11-19-17(12-14)16-4-2-3-5-18(16)23-19/h2-12H,1H3. The Morgan fingerprint density at radius 3 is 2.30 bits per heavy atom. The molecule has 4 aromatic rings. The third-order valence-corrected chi connectivity index (χ3v) is 5.14. The van der Waals surface area contributed by atoms with E-state index in [2.05, 4.69) is 12.1 Å². The molecule has 3 aromatic carbocycles. The fraction of sp³-hybridized carbons (Fsp3) is 0.0500. The minimum atomic E-state index is 0.0323. The summed E-state index contributed by atoms with van der Waals surface area (Å²) in [5.74, 6) is 0.783. The van der Waals surface area contributed by atoms with E-state index in [1.807, 2.05) is 42.5 Å². The van der Waals surface area contributed by atoms with E-state index in [-0.39, 0.29) is 5.78 Å². The van der Waals surface area contributed by atoms with Crippen LogP contribution in [-0.2, 0) is 0 Å². The van der Waals surface area contributed by atoms with Crippen LogP contribution in [0.3, 0.4) is 0 Å². The molecule has 0 aliphatic carbocycles. The largest absolute Gasteiger partial charge is 0.497 e. The lowest BCUT2D eigenvalue weighted by molar-refractivity contribution is 0.103. The zero-order valence-electron chi connectivity index (χ0n) is 12.6. The van der Waals surface area contributed by atoms with Gasteiger partial charge in [-0.05, 0) is 48.5 Å². The molecule has 0 aliphatic rings. The molecule has 0 aliphatic heterocycles. The van der Waals surface area contributed by atoms with Gasteiger partial charge in [-0.15, -0.1) is 11.3 Å². The minimum absolute atomic E-state index is 0.0323. The number of rotatable bonds is 3. The predicted octanol–water partition coefficient (Wildman–Crippen LogP) is 5.29. The second-order valence-electron chi connectivity index (χ2n) is 5.37. The maximum Gasteiger partial charge on any atom is 0.193 e. The van der Waals surface area contributed by atoms with Crippen molar-refractivity contribution in [3.63, 3.8) is 0 Å². The summed E-state index contributed by atoms with van der Waals surface area (Å²) >= 11 is 1.76. The number of carbonyl (C=O) groups is 1. The highest BCUT2D eigenvalue weighted by atomic mass is 32.1. The van der Waals surface area contributed by atoms with Crippen molar-refractivity contribution in [1.82, 2.24) is 0 Å². The van der Waals surface area contributed by atoms with E-state index in [1.165, 1.54) is 14.8 Å². The number of methoxy groups -OCH3 is 1. The number of thiophene rings is 1. The average Bonchev–Trinajstić information content (AvgIpc) is 2.99. The van der Waals surface area contributed by atoms with Gasteiger partial charge in [-0.1, -0.05) is 18.2 Å². The third-order valence-electron chi connectivity index (χ3n) is 3.99. The van der Waals surface area contributed by atoms with Crippen LogP contribution in [0.4, 0.5) is 0 Å². The normalized spacial score (nSPS) is 11.0. The number of hydrogen-bond acceptors (Lipinski definition) is 3. The molecule has 0 saturated heterocycles. The van der Waals surface area contributed by atoms with Crippen molar-refractivity contribution in [2.24, 2.45) is 0 Å². The Labute approximate surface area is 137 Å². The van der Waals surface area contributed by atoms with Gasteiger partial charge in [0, 0.05) is 31.3 Å². The molecule has 0 fully saturated rings. The molecular formula is C20H14O2S. The van der Waals surface area contributed by atoms with Crippen molar-refractivity contribution in [2.75, 3.05) is 7.11 Å². The van der Waals surface area contributed by atoms with Gasteiger partial charge in [0.1, 0.15) is 5.75 Å². The predicted molar refractivity (Wildman–Crippen MR) is 95.8 cm³/mol. The Kier molecular flexibility index (Phi) is 3.36. The van der Waals surface area contributed by atoms with Gasteiger partial charge in [0.15, 0.2) is 5.78 Å². The quantitative estimate of drug-likeness (QED) is 0.479. The van der Waals surface area contributed by atoms with Crippen molar-refractivity contribution in [3.05, 3.63) is 77.9 Å². The van der Waals surface area contributed by atoms with Crippen molar-refractivity contribution in [3.8, 4) is 5.75 Å². The zero-order valence-corrected chi connectivity index (χ0v) is 13.4. The molecule has 2 nitrogen and oxygen atoms in total. The summed E-state index contributed by atoms with van der Waals surface area (Å²) < 4.78 is 7.59. The van der Waals surface area contributed by atoms with E-state index in [9.17, 15) is 4.79 Å². The first-order valence-corrected chi connectivity index (χ1v) is 8.18. The van der Waals surface area contributed by atoms with E-state index in [4.69, 9.17) is 4.74 Å². The van der Waals surface area contributed by atoms with Crippen LogP contribution >= 0.6 is 11.3 Å². The monoisotopic (exact) mass is 318 g/mol. The molecular weight excluding hydrogens is 304 g/mol. The van der Waals surface area contributed by atoms with Crippen LogP contribution in [0.2, 0.25) is 0 Å². The van der Waals surface area contributed by atoms with Crippen molar-refractivity contribution < 1.29 is 9.53 Å². The molecule has 112 valence electrons. The molecule has 3 heteroatoms. The van der Waals surface area contributed by atoms with Crippen LogP contribution in [0, 0.1) is 0 Å². The van der Waals surface area contributed by atoms with Gasteiger partial charge in [0.2, 0.25) is 0 Å². The second-order valence-corrected chi connectivity index (χ2v) is 6.45. The molecule has 1 heterocycles. The average molecular weight is 318 g/mol. The molecule has 0 bridgehead atoms. The molecule has 0 unspecified atom stereocenters. The van der Waals surface area contributed by atoms with E-state index >= 15 is 0 Å². The summed E-state index contributed by atoms with van der Waals surface area (Å²) in [5.41, 5.74) is 1.39. The van der Waals surface area contributed by atoms with Crippen LogP contribution < -0.4 is 4.74 Å². The SMILES string of the molecule is COc1ccc(C(=O)c2ccc3sc4ccccc4c3c2)cc1. The lowest BCUT2D eigenvalue weighted by Gasteiger charge is -2.04. The Bertz CT molecular complexity index is 1010. The van der Waals surface area contributed by atoms with Gasteiger partial charge in [-0.2, -0.15) is 0 Å². The summed E-state index contributed by atoms with van der Waals surface area (Å²) in [5, 5.41) is 2.35. The molecule has 0 atom stereocenters. The minimum Gasteiger partial charge on any atom is -0.497 e. The summed E-state index contributed by atoms with van der Waals surface area (Å²) in [6.07, 6.45) is 0. The highest BCUT2D eigenvalue weighted by molar-refractivity contribution is 7.25. The first kappa shape index (κ1) is 14.0. The molecule has 0 amide bonds. The lowest BCUT2D eigenvalue weighted by atomic mass is 10.0. The number of ketones is 1. The summed E-state index contributed by atoms with van der Waals surface area (Å²) in [4.78, 5) is 12.7. The van der Waals surface area contributed by atoms with Crippen LogP contribution in [0.25, 0.3) is 20.2 Å². The zero-order chi connectivity index (χ0) is 15.8. The molecule has 4 rings (SSSR count). The second kappa shape index (κ2) is 5.52. The first-order valence-electron chi connectivity index (χ1n) is 7.36. The van der Waals surface area contributed by atoms with Gasteiger partial charge < -0.3 is 4.74 Å².